The first kappa shape index (κ1) is 21.5. The first-order chi connectivity index (χ1) is 13.6. The zero-order valence-electron chi connectivity index (χ0n) is 17.3. The fourth-order valence-corrected chi connectivity index (χ4v) is 3.82. The minimum absolute atomic E-state index is 0.423. The lowest BCUT2D eigenvalue weighted by molar-refractivity contribution is -0.139. The standard InChI is InChI=1S/C22H28O7/c1-13-15(28-18(23)12-17(13)26-5)10-8-6-7-9-11-16-19(24)21(3)20(29-16)27-14(2)22(21,4)25/h6-12,14,16,19-20,24-25H,1-5H3. The van der Waals surface area contributed by atoms with Gasteiger partial charge in [-0.25, -0.2) is 4.79 Å². The number of aliphatic hydroxyl groups is 2. The quantitative estimate of drug-likeness (QED) is 0.727. The molecule has 2 aliphatic heterocycles. The summed E-state index contributed by atoms with van der Waals surface area (Å²) in [5, 5.41) is 21.5. The Morgan fingerprint density at radius 1 is 1.17 bits per heavy atom. The summed E-state index contributed by atoms with van der Waals surface area (Å²) < 4.78 is 21.8. The van der Waals surface area contributed by atoms with Gasteiger partial charge in [-0.3, -0.25) is 0 Å². The average molecular weight is 404 g/mol. The maximum atomic E-state index is 11.5. The van der Waals surface area contributed by atoms with E-state index in [0.717, 1.165) is 5.56 Å². The van der Waals surface area contributed by atoms with Crippen LogP contribution in [-0.4, -0.2) is 47.5 Å². The summed E-state index contributed by atoms with van der Waals surface area (Å²) in [4.78, 5) is 11.5. The molecule has 1 aromatic rings. The number of rotatable bonds is 5. The number of hydrogen-bond donors (Lipinski definition) is 2. The Balaban J connectivity index is 1.65. The third kappa shape index (κ3) is 3.59. The van der Waals surface area contributed by atoms with E-state index < -0.39 is 41.2 Å². The van der Waals surface area contributed by atoms with Crippen molar-refractivity contribution in [1.29, 1.82) is 0 Å². The summed E-state index contributed by atoms with van der Waals surface area (Å²) in [5.74, 6) is 0.899. The van der Waals surface area contributed by atoms with Crippen LogP contribution in [0, 0.1) is 12.3 Å². The minimum Gasteiger partial charge on any atom is -0.496 e. The van der Waals surface area contributed by atoms with Crippen LogP contribution in [0.4, 0.5) is 0 Å². The van der Waals surface area contributed by atoms with E-state index in [0.29, 0.717) is 11.5 Å². The Kier molecular flexibility index (Phi) is 5.87. The Morgan fingerprint density at radius 2 is 1.86 bits per heavy atom. The lowest BCUT2D eigenvalue weighted by Gasteiger charge is -2.38. The molecule has 0 aliphatic carbocycles. The second-order valence-corrected chi connectivity index (χ2v) is 7.84. The molecule has 2 N–H and O–H groups in total. The molecule has 3 heterocycles. The maximum Gasteiger partial charge on any atom is 0.339 e. The van der Waals surface area contributed by atoms with Crippen LogP contribution in [0.15, 0.2) is 45.7 Å². The van der Waals surface area contributed by atoms with Crippen LogP contribution in [0.5, 0.6) is 5.75 Å². The number of aliphatic hydroxyl groups excluding tert-OH is 1. The van der Waals surface area contributed by atoms with E-state index in [-0.39, 0.29) is 0 Å². The van der Waals surface area contributed by atoms with Gasteiger partial charge in [-0.1, -0.05) is 30.4 Å². The van der Waals surface area contributed by atoms with Crippen molar-refractivity contribution >= 4 is 6.08 Å². The van der Waals surface area contributed by atoms with E-state index in [2.05, 4.69) is 0 Å². The molecule has 0 radical (unpaired) electrons. The SMILES string of the molecule is COc1cc(=O)oc(C=CC=CC=CC2OC3OC(C)C(C)(O)C3(C)C2O)c1C. The third-order valence-corrected chi connectivity index (χ3v) is 6.21. The van der Waals surface area contributed by atoms with Gasteiger partial charge in [0, 0.05) is 5.56 Å². The Morgan fingerprint density at radius 3 is 2.52 bits per heavy atom. The van der Waals surface area contributed by atoms with Crippen LogP contribution >= 0.6 is 0 Å². The fourth-order valence-electron chi connectivity index (χ4n) is 3.82. The van der Waals surface area contributed by atoms with Gasteiger partial charge >= 0.3 is 5.63 Å². The van der Waals surface area contributed by atoms with Crippen LogP contribution in [0.25, 0.3) is 6.08 Å². The van der Waals surface area contributed by atoms with Gasteiger partial charge in [-0.15, -0.1) is 0 Å². The van der Waals surface area contributed by atoms with Gasteiger partial charge in [0.25, 0.3) is 0 Å². The summed E-state index contributed by atoms with van der Waals surface area (Å²) in [6, 6.07) is 1.30. The normalized spacial score (nSPS) is 37.2. The van der Waals surface area contributed by atoms with Crippen molar-refractivity contribution in [3.8, 4) is 5.75 Å². The number of ether oxygens (including phenoxy) is 3. The first-order valence-electron chi connectivity index (χ1n) is 9.54. The first-order valence-corrected chi connectivity index (χ1v) is 9.54. The summed E-state index contributed by atoms with van der Waals surface area (Å²) in [6.45, 7) is 7.02. The maximum absolute atomic E-state index is 11.5. The topological polar surface area (TPSA) is 98.4 Å². The van der Waals surface area contributed by atoms with E-state index in [1.54, 1.807) is 64.2 Å². The molecule has 158 valence electrons. The Hall–Kier alpha value is -2.19. The van der Waals surface area contributed by atoms with Crippen LogP contribution in [0.3, 0.4) is 0 Å². The molecule has 29 heavy (non-hydrogen) atoms. The van der Waals surface area contributed by atoms with Gasteiger partial charge in [0.05, 0.1) is 30.8 Å². The highest BCUT2D eigenvalue weighted by molar-refractivity contribution is 5.52. The molecule has 2 saturated heterocycles. The fraction of sp³-hybridized carbons (Fsp3) is 0.500. The summed E-state index contributed by atoms with van der Waals surface area (Å²) in [6.07, 6.45) is 7.80. The molecule has 0 saturated carbocycles. The van der Waals surface area contributed by atoms with E-state index in [4.69, 9.17) is 18.6 Å². The van der Waals surface area contributed by atoms with Gasteiger partial charge < -0.3 is 28.8 Å². The van der Waals surface area contributed by atoms with Crippen molar-refractivity contribution in [3.63, 3.8) is 0 Å². The smallest absolute Gasteiger partial charge is 0.339 e. The largest absolute Gasteiger partial charge is 0.496 e. The highest BCUT2D eigenvalue weighted by atomic mass is 16.7. The highest BCUT2D eigenvalue weighted by Gasteiger charge is 2.68. The molecule has 3 rings (SSSR count). The van der Waals surface area contributed by atoms with Gasteiger partial charge in [0.1, 0.15) is 23.2 Å². The third-order valence-electron chi connectivity index (χ3n) is 6.21. The highest BCUT2D eigenvalue weighted by Crippen LogP contribution is 2.54. The predicted molar refractivity (Wildman–Crippen MR) is 108 cm³/mol. The van der Waals surface area contributed by atoms with Gasteiger partial charge in [-0.05, 0) is 33.8 Å². The molecule has 6 unspecified atom stereocenters. The molecule has 0 amide bonds. The van der Waals surface area contributed by atoms with Crippen molar-refractivity contribution in [3.05, 3.63) is 58.2 Å². The summed E-state index contributed by atoms with van der Waals surface area (Å²) >= 11 is 0. The summed E-state index contributed by atoms with van der Waals surface area (Å²) in [5.41, 5.74) is -1.85. The molecule has 0 spiro atoms. The van der Waals surface area contributed by atoms with Crippen LogP contribution in [0.2, 0.25) is 0 Å². The molecule has 0 bridgehead atoms. The van der Waals surface area contributed by atoms with Crippen molar-refractivity contribution < 1.29 is 28.8 Å². The number of allylic oxidation sites excluding steroid dienone is 4. The molecule has 1 aromatic heterocycles. The van der Waals surface area contributed by atoms with Crippen LogP contribution in [0.1, 0.15) is 32.1 Å². The number of hydrogen-bond acceptors (Lipinski definition) is 7. The predicted octanol–water partition coefficient (Wildman–Crippen LogP) is 2.34. The molecule has 7 nitrogen and oxygen atoms in total. The van der Waals surface area contributed by atoms with Gasteiger partial charge in [0.15, 0.2) is 6.29 Å². The monoisotopic (exact) mass is 404 g/mol. The zero-order valence-corrected chi connectivity index (χ0v) is 17.3. The zero-order chi connectivity index (χ0) is 21.4. The van der Waals surface area contributed by atoms with E-state index in [9.17, 15) is 15.0 Å². The lowest BCUT2D eigenvalue weighted by atomic mass is 9.69. The molecule has 2 fully saturated rings. The van der Waals surface area contributed by atoms with Crippen LogP contribution < -0.4 is 10.4 Å². The molecule has 0 aromatic carbocycles. The van der Waals surface area contributed by atoms with Gasteiger partial charge in [0.2, 0.25) is 0 Å². The van der Waals surface area contributed by atoms with Crippen molar-refractivity contribution in [1.82, 2.24) is 0 Å². The lowest BCUT2D eigenvalue weighted by Crippen LogP contribution is -2.53. The minimum atomic E-state index is -1.20. The molecule has 2 aliphatic rings. The Bertz CT molecular complexity index is 895. The summed E-state index contributed by atoms with van der Waals surface area (Å²) in [7, 11) is 1.50. The molecular formula is C22H28O7. The average Bonchev–Trinajstić information content (AvgIpc) is 3.01. The van der Waals surface area contributed by atoms with Gasteiger partial charge in [-0.2, -0.15) is 0 Å². The number of fused-ring (bicyclic) bond motifs is 1. The van der Waals surface area contributed by atoms with Crippen molar-refractivity contribution in [2.45, 2.75) is 57.9 Å². The molecule has 7 heteroatoms. The van der Waals surface area contributed by atoms with E-state index >= 15 is 0 Å². The Labute approximate surface area is 169 Å². The number of methoxy groups -OCH3 is 1. The van der Waals surface area contributed by atoms with Crippen molar-refractivity contribution in [2.24, 2.45) is 5.41 Å². The van der Waals surface area contributed by atoms with Crippen molar-refractivity contribution in [2.75, 3.05) is 7.11 Å². The molecular weight excluding hydrogens is 376 g/mol. The van der Waals surface area contributed by atoms with E-state index in [1.165, 1.54) is 13.2 Å². The second kappa shape index (κ2) is 7.91. The van der Waals surface area contributed by atoms with E-state index in [1.807, 2.05) is 0 Å². The van der Waals surface area contributed by atoms with Crippen LogP contribution in [-0.2, 0) is 9.47 Å². The second-order valence-electron chi connectivity index (χ2n) is 7.84. The molecule has 6 atom stereocenters.